The fourth-order valence-electron chi connectivity index (χ4n) is 4.29. The van der Waals surface area contributed by atoms with E-state index in [2.05, 4.69) is 9.88 Å². The summed E-state index contributed by atoms with van der Waals surface area (Å²) >= 11 is 6.06. The molecule has 0 unspecified atom stereocenters. The van der Waals surface area contributed by atoms with Gasteiger partial charge in [-0.3, -0.25) is 9.69 Å². The van der Waals surface area contributed by atoms with Gasteiger partial charge in [-0.1, -0.05) is 11.6 Å². The number of carbonyl (C=O) groups excluding carboxylic acids is 1. The van der Waals surface area contributed by atoms with Gasteiger partial charge < -0.3 is 9.64 Å². The average Bonchev–Trinajstić information content (AvgIpc) is 2.77. The summed E-state index contributed by atoms with van der Waals surface area (Å²) < 4.78 is 5.45. The lowest BCUT2D eigenvalue weighted by molar-refractivity contribution is -0.161. The Labute approximate surface area is 135 Å². The lowest BCUT2D eigenvalue weighted by atomic mass is 9.72. The highest BCUT2D eigenvalue weighted by Crippen LogP contribution is 2.49. The smallest absolute Gasteiger partial charge is 0.219 e. The average molecular weight is 322 g/mol. The van der Waals surface area contributed by atoms with Crippen LogP contribution in [0.5, 0.6) is 5.88 Å². The van der Waals surface area contributed by atoms with E-state index in [4.69, 9.17) is 16.3 Å². The third kappa shape index (κ3) is 2.02. The van der Waals surface area contributed by atoms with Crippen LogP contribution < -0.4 is 4.74 Å². The standard InChI is InChI=1S/C16H20ClN3O2/c1-10(21)19-6-16(7-19)8-20(9-16)12-4-3-11-5-13(17)18-15(22-2)14(11)12/h5,12H,3-4,6-9H2,1-2H3/t12-/m1/s1. The number of ether oxygens (including phenoxy) is 1. The van der Waals surface area contributed by atoms with Gasteiger partial charge in [-0.25, -0.2) is 4.98 Å². The van der Waals surface area contributed by atoms with E-state index >= 15 is 0 Å². The summed E-state index contributed by atoms with van der Waals surface area (Å²) in [5.74, 6) is 0.862. The first-order chi connectivity index (χ1) is 10.5. The van der Waals surface area contributed by atoms with Gasteiger partial charge in [-0.2, -0.15) is 0 Å². The number of amides is 1. The highest BCUT2D eigenvalue weighted by Gasteiger charge is 2.54. The molecule has 0 bridgehead atoms. The van der Waals surface area contributed by atoms with Crippen LogP contribution in [-0.4, -0.2) is 54.0 Å². The minimum atomic E-state index is 0.191. The van der Waals surface area contributed by atoms with E-state index in [1.165, 1.54) is 11.1 Å². The second-order valence-corrected chi connectivity index (χ2v) is 7.25. The van der Waals surface area contributed by atoms with Gasteiger partial charge in [0, 0.05) is 50.1 Å². The molecule has 0 N–H and O–H groups in total. The third-order valence-electron chi connectivity index (χ3n) is 5.31. The Kier molecular flexibility index (Phi) is 3.13. The SMILES string of the molecule is COc1nc(Cl)cc2c1[C@H](N1CC3(CN(C(C)=O)C3)C1)CC2. The Morgan fingerprint density at radius 2 is 2.14 bits per heavy atom. The maximum atomic E-state index is 11.3. The molecule has 1 aromatic rings. The number of hydrogen-bond donors (Lipinski definition) is 0. The van der Waals surface area contributed by atoms with Gasteiger partial charge >= 0.3 is 0 Å². The fraction of sp³-hybridized carbons (Fsp3) is 0.625. The van der Waals surface area contributed by atoms with Crippen LogP contribution >= 0.6 is 11.6 Å². The molecule has 4 rings (SSSR count). The number of pyridine rings is 1. The van der Waals surface area contributed by atoms with Crippen molar-refractivity contribution in [2.45, 2.75) is 25.8 Å². The topological polar surface area (TPSA) is 45.7 Å². The molecule has 1 atom stereocenters. The molecule has 0 saturated carbocycles. The molecule has 0 aromatic carbocycles. The minimum absolute atomic E-state index is 0.191. The van der Waals surface area contributed by atoms with Gasteiger partial charge in [0.05, 0.1) is 7.11 Å². The number of hydrogen-bond acceptors (Lipinski definition) is 4. The molecule has 22 heavy (non-hydrogen) atoms. The number of aromatic nitrogens is 1. The number of fused-ring (bicyclic) bond motifs is 1. The van der Waals surface area contributed by atoms with E-state index in [9.17, 15) is 4.79 Å². The zero-order chi connectivity index (χ0) is 15.5. The normalized spacial score (nSPS) is 25.6. The summed E-state index contributed by atoms with van der Waals surface area (Å²) in [6.45, 7) is 5.60. The first-order valence-corrected chi connectivity index (χ1v) is 8.12. The molecule has 118 valence electrons. The predicted molar refractivity (Wildman–Crippen MR) is 83.1 cm³/mol. The van der Waals surface area contributed by atoms with Gasteiger partial charge in [-0.15, -0.1) is 0 Å². The zero-order valence-corrected chi connectivity index (χ0v) is 13.7. The molecule has 1 aliphatic carbocycles. The van der Waals surface area contributed by atoms with Crippen molar-refractivity contribution in [2.24, 2.45) is 5.41 Å². The van der Waals surface area contributed by atoms with Gasteiger partial charge in [0.1, 0.15) is 5.15 Å². The van der Waals surface area contributed by atoms with Crippen molar-refractivity contribution >= 4 is 17.5 Å². The Hall–Kier alpha value is -1.33. The summed E-state index contributed by atoms with van der Waals surface area (Å²) in [7, 11) is 1.66. The Morgan fingerprint density at radius 1 is 1.41 bits per heavy atom. The molecule has 5 nitrogen and oxygen atoms in total. The van der Waals surface area contributed by atoms with Crippen molar-refractivity contribution in [1.29, 1.82) is 0 Å². The maximum Gasteiger partial charge on any atom is 0.219 e. The highest BCUT2D eigenvalue weighted by atomic mass is 35.5. The number of carbonyl (C=O) groups is 1. The second kappa shape index (κ2) is 4.83. The molecule has 3 heterocycles. The van der Waals surface area contributed by atoms with E-state index in [0.717, 1.165) is 39.0 Å². The number of aryl methyl sites for hydroxylation is 1. The Morgan fingerprint density at radius 3 is 2.77 bits per heavy atom. The van der Waals surface area contributed by atoms with Crippen LogP contribution in [0.2, 0.25) is 5.15 Å². The number of nitrogens with zero attached hydrogens (tertiary/aromatic N) is 3. The lowest BCUT2D eigenvalue weighted by Crippen LogP contribution is -2.72. The number of halogens is 1. The molecular weight excluding hydrogens is 302 g/mol. The van der Waals surface area contributed by atoms with Crippen molar-refractivity contribution in [3.05, 3.63) is 22.3 Å². The summed E-state index contributed by atoms with van der Waals surface area (Å²) in [4.78, 5) is 20.1. The van der Waals surface area contributed by atoms with Gasteiger partial charge in [-0.05, 0) is 24.5 Å². The summed E-state index contributed by atoms with van der Waals surface area (Å²) in [6, 6.07) is 2.35. The van der Waals surface area contributed by atoms with Gasteiger partial charge in [0.15, 0.2) is 0 Å². The van der Waals surface area contributed by atoms with Gasteiger partial charge in [0.2, 0.25) is 11.8 Å². The molecule has 1 spiro atoms. The molecule has 0 radical (unpaired) electrons. The molecule has 6 heteroatoms. The fourth-order valence-corrected chi connectivity index (χ4v) is 4.50. The van der Waals surface area contributed by atoms with E-state index in [1.807, 2.05) is 11.0 Å². The van der Waals surface area contributed by atoms with E-state index in [1.54, 1.807) is 14.0 Å². The largest absolute Gasteiger partial charge is 0.481 e. The predicted octanol–water partition coefficient (Wildman–Crippen LogP) is 1.90. The van der Waals surface area contributed by atoms with E-state index in [-0.39, 0.29) is 5.91 Å². The van der Waals surface area contributed by atoms with Crippen LogP contribution in [0, 0.1) is 5.41 Å². The van der Waals surface area contributed by atoms with Crippen LogP contribution in [0.1, 0.15) is 30.5 Å². The molecule has 2 saturated heterocycles. The van der Waals surface area contributed by atoms with Crippen LogP contribution in [0.15, 0.2) is 6.07 Å². The Bertz CT molecular complexity index is 635. The lowest BCUT2D eigenvalue weighted by Gasteiger charge is -2.61. The number of methoxy groups -OCH3 is 1. The minimum Gasteiger partial charge on any atom is -0.481 e. The molecule has 1 aromatic heterocycles. The van der Waals surface area contributed by atoms with Crippen molar-refractivity contribution in [1.82, 2.24) is 14.8 Å². The second-order valence-electron chi connectivity index (χ2n) is 6.86. The molecular formula is C16H20ClN3O2. The summed E-state index contributed by atoms with van der Waals surface area (Å²) in [5, 5.41) is 0.507. The summed E-state index contributed by atoms with van der Waals surface area (Å²) in [6.07, 6.45) is 2.13. The zero-order valence-electron chi connectivity index (χ0n) is 12.9. The van der Waals surface area contributed by atoms with E-state index < -0.39 is 0 Å². The maximum absolute atomic E-state index is 11.3. The van der Waals surface area contributed by atoms with Crippen molar-refractivity contribution in [2.75, 3.05) is 33.3 Å². The van der Waals surface area contributed by atoms with Crippen LogP contribution in [0.4, 0.5) is 0 Å². The van der Waals surface area contributed by atoms with Crippen LogP contribution in [0.25, 0.3) is 0 Å². The van der Waals surface area contributed by atoms with Gasteiger partial charge in [0.25, 0.3) is 0 Å². The first-order valence-electron chi connectivity index (χ1n) is 7.74. The first kappa shape index (κ1) is 14.3. The number of rotatable bonds is 2. The summed E-state index contributed by atoms with van der Waals surface area (Å²) in [5.41, 5.74) is 2.81. The highest BCUT2D eigenvalue weighted by molar-refractivity contribution is 6.29. The third-order valence-corrected chi connectivity index (χ3v) is 5.50. The molecule has 2 aliphatic heterocycles. The molecule has 2 fully saturated rings. The quantitative estimate of drug-likeness (QED) is 0.780. The van der Waals surface area contributed by atoms with Crippen molar-refractivity contribution in [3.63, 3.8) is 0 Å². The van der Waals surface area contributed by atoms with E-state index in [0.29, 0.717) is 22.5 Å². The van der Waals surface area contributed by atoms with Crippen molar-refractivity contribution in [3.8, 4) is 5.88 Å². The molecule has 1 amide bonds. The number of likely N-dealkylation sites (tertiary alicyclic amines) is 2. The monoisotopic (exact) mass is 321 g/mol. The van der Waals surface area contributed by atoms with Crippen LogP contribution in [-0.2, 0) is 11.2 Å². The molecule has 3 aliphatic rings. The van der Waals surface area contributed by atoms with Crippen molar-refractivity contribution < 1.29 is 9.53 Å². The Balaban J connectivity index is 1.49. The van der Waals surface area contributed by atoms with Crippen LogP contribution in [0.3, 0.4) is 0 Å².